The number of nitrogens with zero attached hydrogens (tertiary/aromatic N) is 2. The van der Waals surface area contributed by atoms with Crippen molar-refractivity contribution < 1.29 is 14.5 Å². The molecule has 1 aliphatic heterocycles. The zero-order valence-corrected chi connectivity index (χ0v) is 11.0. The maximum Gasteiger partial charge on any atom is 0.362 e. The lowest BCUT2D eigenvalue weighted by Crippen LogP contribution is -2.57. The molecule has 5 nitrogen and oxygen atoms in total. The predicted octanol–water partition coefficient (Wildman–Crippen LogP) is 1.97. The Kier molecular flexibility index (Phi) is 4.50. The minimum absolute atomic E-state index is 0.392. The van der Waals surface area contributed by atoms with Crippen LogP contribution in [0, 0.1) is 5.21 Å². The summed E-state index contributed by atoms with van der Waals surface area (Å²) in [5, 5.41) is 22.0. The van der Waals surface area contributed by atoms with E-state index in [0.29, 0.717) is 25.9 Å². The first-order chi connectivity index (χ1) is 9.12. The van der Waals surface area contributed by atoms with Gasteiger partial charge in [-0.1, -0.05) is 0 Å². The molecule has 5 heteroatoms. The van der Waals surface area contributed by atoms with Gasteiger partial charge in [-0.2, -0.15) is 0 Å². The van der Waals surface area contributed by atoms with Gasteiger partial charge in [-0.15, -0.1) is 0 Å². The minimum atomic E-state index is -0.967. The van der Waals surface area contributed by atoms with Crippen LogP contribution in [-0.4, -0.2) is 39.8 Å². The van der Waals surface area contributed by atoms with E-state index >= 15 is 0 Å². The molecule has 0 bridgehead atoms. The number of carboxylic acid groups (broad SMARTS) is 1. The molecule has 0 spiro atoms. The van der Waals surface area contributed by atoms with E-state index < -0.39 is 16.7 Å². The monoisotopic (exact) mass is 264 g/mol. The van der Waals surface area contributed by atoms with E-state index in [-0.39, 0.29) is 0 Å². The van der Waals surface area contributed by atoms with Gasteiger partial charge in [-0.25, -0.2) is 4.79 Å². The van der Waals surface area contributed by atoms with Crippen molar-refractivity contribution >= 4 is 5.97 Å². The van der Waals surface area contributed by atoms with Crippen molar-refractivity contribution in [3.05, 3.63) is 35.3 Å². The lowest BCUT2D eigenvalue weighted by molar-refractivity contribution is -0.901. The highest BCUT2D eigenvalue weighted by atomic mass is 16.6. The number of carbonyl (C=O) groups is 1. The summed E-state index contributed by atoms with van der Waals surface area (Å²) in [6.45, 7) is 0.876. The first-order valence-electron chi connectivity index (χ1n) is 6.81. The summed E-state index contributed by atoms with van der Waals surface area (Å²) >= 11 is 0. The molecular weight excluding hydrogens is 244 g/mol. The van der Waals surface area contributed by atoms with E-state index in [9.17, 15) is 15.1 Å². The highest BCUT2D eigenvalue weighted by Gasteiger charge is 2.35. The molecule has 1 fully saturated rings. The zero-order chi connectivity index (χ0) is 13.7. The third kappa shape index (κ3) is 3.52. The van der Waals surface area contributed by atoms with Crippen molar-refractivity contribution in [2.24, 2.45) is 0 Å². The lowest BCUT2D eigenvalue weighted by Gasteiger charge is -2.49. The van der Waals surface area contributed by atoms with Gasteiger partial charge in [0.05, 0.1) is 13.1 Å². The molecule has 0 aliphatic carbocycles. The second-order valence-electron chi connectivity index (χ2n) is 5.21. The number of piperidine rings is 1. The molecule has 1 aromatic heterocycles. The molecule has 1 aliphatic rings. The summed E-state index contributed by atoms with van der Waals surface area (Å²) < 4.78 is -0.555. The zero-order valence-electron chi connectivity index (χ0n) is 11.0. The van der Waals surface area contributed by atoms with E-state index in [0.717, 1.165) is 24.8 Å². The van der Waals surface area contributed by atoms with E-state index in [4.69, 9.17) is 0 Å². The van der Waals surface area contributed by atoms with Crippen molar-refractivity contribution in [2.45, 2.75) is 38.1 Å². The highest BCUT2D eigenvalue weighted by molar-refractivity contribution is 5.72. The molecule has 2 heterocycles. The molecule has 104 valence electrons. The van der Waals surface area contributed by atoms with Crippen LogP contribution < -0.4 is 0 Å². The number of hydrogen-bond acceptors (Lipinski definition) is 3. The van der Waals surface area contributed by atoms with Gasteiger partial charge in [0, 0.05) is 18.8 Å². The van der Waals surface area contributed by atoms with Crippen LogP contribution in [0.2, 0.25) is 0 Å². The number of pyridine rings is 1. The maximum atomic E-state index is 12.6. The number of hydrogen-bond donors (Lipinski definition) is 1. The summed E-state index contributed by atoms with van der Waals surface area (Å²) in [5.41, 5.74) is 1.03. The molecule has 0 radical (unpaired) electrons. The Morgan fingerprint density at radius 1 is 1.32 bits per heavy atom. The number of aryl methyl sites for hydroxylation is 1. The fourth-order valence-electron chi connectivity index (χ4n) is 2.77. The smallest absolute Gasteiger partial charge is 0.362 e. The summed E-state index contributed by atoms with van der Waals surface area (Å²) in [6, 6.07) is 2.89. The summed E-state index contributed by atoms with van der Waals surface area (Å²) in [4.78, 5) is 15.3. The van der Waals surface area contributed by atoms with Crippen LogP contribution in [0.5, 0.6) is 0 Å². The first-order valence-corrected chi connectivity index (χ1v) is 6.81. The average Bonchev–Trinajstić information content (AvgIpc) is 2.40. The number of hydroxylamine groups is 3. The van der Waals surface area contributed by atoms with Crippen molar-refractivity contribution in [3.63, 3.8) is 0 Å². The normalized spacial score (nSPS) is 19.8. The third-order valence-corrected chi connectivity index (χ3v) is 3.88. The molecular formula is C14H20N2O3. The molecule has 1 aromatic rings. The Labute approximate surface area is 113 Å². The number of aromatic nitrogens is 1. The van der Waals surface area contributed by atoms with Crippen molar-refractivity contribution in [2.75, 3.05) is 13.1 Å². The molecule has 1 atom stereocenters. The number of quaternary nitrogens is 1. The average molecular weight is 264 g/mol. The van der Waals surface area contributed by atoms with Crippen molar-refractivity contribution in [3.8, 4) is 0 Å². The Morgan fingerprint density at radius 2 is 1.95 bits per heavy atom. The Morgan fingerprint density at radius 3 is 2.53 bits per heavy atom. The van der Waals surface area contributed by atoms with E-state index in [2.05, 4.69) is 4.98 Å². The van der Waals surface area contributed by atoms with Gasteiger partial charge in [-0.3, -0.25) is 4.98 Å². The molecule has 0 amide bonds. The fourth-order valence-corrected chi connectivity index (χ4v) is 2.77. The highest BCUT2D eigenvalue weighted by Crippen LogP contribution is 2.24. The van der Waals surface area contributed by atoms with E-state index in [1.807, 2.05) is 12.1 Å². The standard InChI is InChI=1S/C14H20N2O3/c17-14(18)13(16(19)10-2-1-3-11-16)5-4-12-6-8-15-9-7-12/h6-9,13H,1-5,10-11H2,(H,17,18). The Bertz CT molecular complexity index is 416. The maximum absolute atomic E-state index is 12.6. The quantitative estimate of drug-likeness (QED) is 0.651. The van der Waals surface area contributed by atoms with E-state index in [1.54, 1.807) is 12.4 Å². The van der Waals surface area contributed by atoms with E-state index in [1.165, 1.54) is 0 Å². The molecule has 2 rings (SSSR count). The van der Waals surface area contributed by atoms with Gasteiger partial charge < -0.3 is 15.0 Å². The van der Waals surface area contributed by atoms with Crippen LogP contribution >= 0.6 is 0 Å². The second kappa shape index (κ2) is 6.12. The van der Waals surface area contributed by atoms with Gasteiger partial charge in [0.15, 0.2) is 6.04 Å². The largest absolute Gasteiger partial charge is 0.632 e. The number of likely N-dealkylation sites (tertiary alicyclic amines) is 1. The van der Waals surface area contributed by atoms with Crippen molar-refractivity contribution in [1.29, 1.82) is 0 Å². The molecule has 1 unspecified atom stereocenters. The molecule has 19 heavy (non-hydrogen) atoms. The van der Waals surface area contributed by atoms with Crippen LogP contribution in [-0.2, 0) is 11.2 Å². The topological polar surface area (TPSA) is 73.2 Å². The summed E-state index contributed by atoms with van der Waals surface area (Å²) in [6.07, 6.45) is 7.09. The molecule has 1 saturated heterocycles. The van der Waals surface area contributed by atoms with Gasteiger partial charge in [-0.05, 0) is 43.4 Å². The van der Waals surface area contributed by atoms with Gasteiger partial charge >= 0.3 is 5.97 Å². The van der Waals surface area contributed by atoms with Crippen LogP contribution in [0.3, 0.4) is 0 Å². The minimum Gasteiger partial charge on any atom is -0.632 e. The predicted molar refractivity (Wildman–Crippen MR) is 71.2 cm³/mol. The van der Waals surface area contributed by atoms with Crippen LogP contribution in [0.25, 0.3) is 0 Å². The SMILES string of the molecule is O=C(O)C(CCc1ccncc1)[N+]1([O-])CCCCC1. The molecule has 1 N–H and O–H groups in total. The Balaban J connectivity index is 2.02. The van der Waals surface area contributed by atoms with Gasteiger partial charge in [0.1, 0.15) is 0 Å². The van der Waals surface area contributed by atoms with Crippen LogP contribution in [0.1, 0.15) is 31.2 Å². The first kappa shape index (κ1) is 14.0. The number of carboxylic acids is 1. The van der Waals surface area contributed by atoms with Crippen molar-refractivity contribution in [1.82, 2.24) is 4.98 Å². The Hall–Kier alpha value is -1.46. The molecule has 0 saturated carbocycles. The lowest BCUT2D eigenvalue weighted by atomic mass is 10.0. The van der Waals surface area contributed by atoms with Gasteiger partial charge in [0.2, 0.25) is 0 Å². The summed E-state index contributed by atoms with van der Waals surface area (Å²) in [5.74, 6) is -0.967. The second-order valence-corrected chi connectivity index (χ2v) is 5.21. The summed E-state index contributed by atoms with van der Waals surface area (Å²) in [7, 11) is 0. The number of aliphatic carboxylic acids is 1. The third-order valence-electron chi connectivity index (χ3n) is 3.88. The fraction of sp³-hybridized carbons (Fsp3) is 0.571. The van der Waals surface area contributed by atoms with Gasteiger partial charge in [0.25, 0.3) is 0 Å². The molecule has 0 aromatic carbocycles. The van der Waals surface area contributed by atoms with Crippen LogP contribution in [0.15, 0.2) is 24.5 Å². The van der Waals surface area contributed by atoms with Crippen LogP contribution in [0.4, 0.5) is 0 Å². The number of rotatable bonds is 5.